The van der Waals surface area contributed by atoms with Crippen LogP contribution < -0.4 is 9.47 Å². The fourth-order valence-electron chi connectivity index (χ4n) is 1.55. The molecule has 0 atom stereocenters. The van der Waals surface area contributed by atoms with Gasteiger partial charge < -0.3 is 9.47 Å². The Morgan fingerprint density at radius 2 is 2.06 bits per heavy atom. The Labute approximate surface area is 103 Å². The molecule has 0 radical (unpaired) electrons. The standard InChI is InChI=1S/C14H20O3/c1-11(2)5-4-8-17-14-9-12(10-15)6-7-13(14)16-3/h6-7,9-11H,4-5,8H2,1-3H3. The number of aldehydes is 1. The van der Waals surface area contributed by atoms with E-state index in [1.807, 2.05) is 0 Å². The quantitative estimate of drug-likeness (QED) is 0.538. The molecule has 0 spiro atoms. The van der Waals surface area contributed by atoms with Crippen LogP contribution in [0.3, 0.4) is 0 Å². The Bertz CT molecular complexity index is 358. The number of hydrogen-bond acceptors (Lipinski definition) is 3. The van der Waals surface area contributed by atoms with E-state index in [-0.39, 0.29) is 0 Å². The van der Waals surface area contributed by atoms with E-state index in [1.54, 1.807) is 25.3 Å². The van der Waals surface area contributed by atoms with Crippen molar-refractivity contribution in [1.29, 1.82) is 0 Å². The van der Waals surface area contributed by atoms with Gasteiger partial charge in [-0.05, 0) is 37.0 Å². The molecule has 17 heavy (non-hydrogen) atoms. The molecule has 0 aliphatic rings. The minimum Gasteiger partial charge on any atom is -0.493 e. The molecule has 0 fully saturated rings. The zero-order valence-electron chi connectivity index (χ0n) is 10.7. The van der Waals surface area contributed by atoms with Crippen molar-refractivity contribution < 1.29 is 14.3 Å². The lowest BCUT2D eigenvalue weighted by atomic mass is 10.1. The number of benzene rings is 1. The van der Waals surface area contributed by atoms with Crippen LogP contribution in [0.1, 0.15) is 37.0 Å². The van der Waals surface area contributed by atoms with Crippen LogP contribution in [-0.2, 0) is 0 Å². The molecule has 0 aliphatic carbocycles. The Kier molecular flexibility index (Phi) is 5.53. The van der Waals surface area contributed by atoms with Gasteiger partial charge in [-0.2, -0.15) is 0 Å². The van der Waals surface area contributed by atoms with E-state index < -0.39 is 0 Å². The Balaban J connectivity index is 2.58. The van der Waals surface area contributed by atoms with Gasteiger partial charge in [-0.15, -0.1) is 0 Å². The second-order valence-corrected chi connectivity index (χ2v) is 4.41. The molecule has 0 saturated heterocycles. The molecule has 1 rings (SSSR count). The minimum absolute atomic E-state index is 0.602. The van der Waals surface area contributed by atoms with E-state index in [4.69, 9.17) is 9.47 Å². The molecule has 0 bridgehead atoms. The first kappa shape index (κ1) is 13.6. The number of carbonyl (C=O) groups excluding carboxylic acids is 1. The summed E-state index contributed by atoms with van der Waals surface area (Å²) in [4.78, 5) is 10.7. The molecule has 0 aromatic heterocycles. The third-order valence-electron chi connectivity index (χ3n) is 2.51. The van der Waals surface area contributed by atoms with E-state index in [2.05, 4.69) is 13.8 Å². The Morgan fingerprint density at radius 1 is 1.29 bits per heavy atom. The average Bonchev–Trinajstić information content (AvgIpc) is 2.34. The summed E-state index contributed by atoms with van der Waals surface area (Å²) in [7, 11) is 1.59. The number of hydrogen-bond donors (Lipinski definition) is 0. The molecule has 0 heterocycles. The second-order valence-electron chi connectivity index (χ2n) is 4.41. The second kappa shape index (κ2) is 6.94. The lowest BCUT2D eigenvalue weighted by molar-refractivity contribution is 0.112. The highest BCUT2D eigenvalue weighted by Gasteiger charge is 2.05. The average molecular weight is 236 g/mol. The van der Waals surface area contributed by atoms with Crippen LogP contribution in [0.4, 0.5) is 0 Å². The Morgan fingerprint density at radius 3 is 2.65 bits per heavy atom. The van der Waals surface area contributed by atoms with Crippen molar-refractivity contribution in [3.63, 3.8) is 0 Å². The van der Waals surface area contributed by atoms with E-state index in [9.17, 15) is 4.79 Å². The van der Waals surface area contributed by atoms with Crippen molar-refractivity contribution in [3.05, 3.63) is 23.8 Å². The van der Waals surface area contributed by atoms with Crippen molar-refractivity contribution in [2.24, 2.45) is 5.92 Å². The maximum absolute atomic E-state index is 10.7. The van der Waals surface area contributed by atoms with Gasteiger partial charge in [0.2, 0.25) is 0 Å². The number of carbonyl (C=O) groups is 1. The predicted octanol–water partition coefficient (Wildman–Crippen LogP) is 3.32. The molecule has 0 aliphatic heterocycles. The molecule has 1 aromatic rings. The van der Waals surface area contributed by atoms with Gasteiger partial charge in [-0.25, -0.2) is 0 Å². The van der Waals surface area contributed by atoms with Gasteiger partial charge in [-0.1, -0.05) is 13.8 Å². The number of rotatable bonds is 7. The Hall–Kier alpha value is -1.51. The maximum atomic E-state index is 10.7. The fraction of sp³-hybridized carbons (Fsp3) is 0.500. The van der Waals surface area contributed by atoms with Crippen LogP contribution in [-0.4, -0.2) is 20.0 Å². The molecular formula is C14H20O3. The molecule has 1 aromatic carbocycles. The van der Waals surface area contributed by atoms with E-state index in [0.717, 1.165) is 19.1 Å². The SMILES string of the molecule is COc1ccc(C=O)cc1OCCCC(C)C. The van der Waals surface area contributed by atoms with Gasteiger partial charge in [0.1, 0.15) is 6.29 Å². The maximum Gasteiger partial charge on any atom is 0.161 e. The summed E-state index contributed by atoms with van der Waals surface area (Å²) in [5.74, 6) is 1.99. The predicted molar refractivity (Wildman–Crippen MR) is 67.9 cm³/mol. The monoisotopic (exact) mass is 236 g/mol. The topological polar surface area (TPSA) is 35.5 Å². The highest BCUT2D eigenvalue weighted by Crippen LogP contribution is 2.27. The molecule has 0 saturated carbocycles. The summed E-state index contributed by atoms with van der Waals surface area (Å²) < 4.78 is 10.8. The summed E-state index contributed by atoms with van der Waals surface area (Å²) in [6.45, 7) is 5.03. The van der Waals surface area contributed by atoms with Crippen LogP contribution in [0.15, 0.2) is 18.2 Å². The smallest absolute Gasteiger partial charge is 0.161 e. The molecular weight excluding hydrogens is 216 g/mol. The van der Waals surface area contributed by atoms with Gasteiger partial charge in [0.25, 0.3) is 0 Å². The lowest BCUT2D eigenvalue weighted by Gasteiger charge is -2.11. The van der Waals surface area contributed by atoms with Crippen LogP contribution in [0.25, 0.3) is 0 Å². The summed E-state index contributed by atoms with van der Waals surface area (Å²) in [6.07, 6.45) is 2.95. The zero-order valence-corrected chi connectivity index (χ0v) is 10.7. The highest BCUT2D eigenvalue weighted by atomic mass is 16.5. The molecule has 94 valence electrons. The zero-order chi connectivity index (χ0) is 12.7. The summed E-state index contributed by atoms with van der Waals surface area (Å²) in [5, 5.41) is 0. The van der Waals surface area contributed by atoms with Crippen molar-refractivity contribution in [2.75, 3.05) is 13.7 Å². The van der Waals surface area contributed by atoms with Crippen LogP contribution in [0.2, 0.25) is 0 Å². The normalized spacial score (nSPS) is 10.4. The fourth-order valence-corrected chi connectivity index (χ4v) is 1.55. The van der Waals surface area contributed by atoms with Gasteiger partial charge in [-0.3, -0.25) is 4.79 Å². The third-order valence-corrected chi connectivity index (χ3v) is 2.51. The van der Waals surface area contributed by atoms with Gasteiger partial charge >= 0.3 is 0 Å². The molecule has 0 amide bonds. The lowest BCUT2D eigenvalue weighted by Crippen LogP contribution is -2.01. The summed E-state index contributed by atoms with van der Waals surface area (Å²) in [6, 6.07) is 5.18. The van der Waals surface area contributed by atoms with Crippen molar-refractivity contribution >= 4 is 6.29 Å². The minimum atomic E-state index is 0.602. The first-order chi connectivity index (χ1) is 8.17. The van der Waals surface area contributed by atoms with Crippen LogP contribution in [0.5, 0.6) is 11.5 Å². The largest absolute Gasteiger partial charge is 0.493 e. The van der Waals surface area contributed by atoms with E-state index in [1.165, 1.54) is 0 Å². The van der Waals surface area contributed by atoms with Gasteiger partial charge in [0.05, 0.1) is 13.7 Å². The third kappa shape index (κ3) is 4.47. The number of methoxy groups -OCH3 is 1. The van der Waals surface area contributed by atoms with Crippen molar-refractivity contribution in [2.45, 2.75) is 26.7 Å². The summed E-state index contributed by atoms with van der Waals surface area (Å²) in [5.41, 5.74) is 0.602. The molecule has 0 N–H and O–H groups in total. The van der Waals surface area contributed by atoms with Crippen LogP contribution in [0, 0.1) is 5.92 Å². The van der Waals surface area contributed by atoms with E-state index >= 15 is 0 Å². The number of ether oxygens (including phenoxy) is 2. The summed E-state index contributed by atoms with van der Waals surface area (Å²) >= 11 is 0. The van der Waals surface area contributed by atoms with Crippen LogP contribution >= 0.6 is 0 Å². The molecule has 3 nitrogen and oxygen atoms in total. The van der Waals surface area contributed by atoms with Crippen molar-refractivity contribution in [3.8, 4) is 11.5 Å². The highest BCUT2D eigenvalue weighted by molar-refractivity contribution is 5.76. The van der Waals surface area contributed by atoms with Gasteiger partial charge in [0.15, 0.2) is 11.5 Å². The van der Waals surface area contributed by atoms with Crippen molar-refractivity contribution in [1.82, 2.24) is 0 Å². The first-order valence-corrected chi connectivity index (χ1v) is 5.93. The van der Waals surface area contributed by atoms with E-state index in [0.29, 0.717) is 29.6 Å². The molecule has 3 heteroatoms. The van der Waals surface area contributed by atoms with Gasteiger partial charge in [0, 0.05) is 5.56 Å². The first-order valence-electron chi connectivity index (χ1n) is 5.93. The molecule has 0 unspecified atom stereocenters.